The average Bonchev–Trinajstić information content (AvgIpc) is 3.89. The van der Waals surface area contributed by atoms with Gasteiger partial charge >= 0.3 is 0 Å². The second kappa shape index (κ2) is 12.5. The molecule has 7 heteroatoms. The standard InChI is InChI=1S/C42H30Br2N4O/c43-31-13-17-33(18-14-31)47-39(25-37(45-47)27-7-3-1-4-8-27)29-11-21-41-35(23-29)36-24-30(12-22-42(36)49-41)40-26-38(28-9-5-2-6-10-28)46-48(40)34-19-15-32(44)16-20-34/h1-24,39-40H,25-26H2. The van der Waals surface area contributed by atoms with E-state index in [9.17, 15) is 0 Å². The third-order valence-corrected chi connectivity index (χ3v) is 10.6. The van der Waals surface area contributed by atoms with Gasteiger partial charge in [-0.3, -0.25) is 10.0 Å². The minimum absolute atomic E-state index is 0.0403. The van der Waals surface area contributed by atoms with Crippen LogP contribution in [0, 0.1) is 0 Å². The van der Waals surface area contributed by atoms with Gasteiger partial charge in [-0.05, 0) is 95.1 Å². The van der Waals surface area contributed by atoms with Gasteiger partial charge in [-0.25, -0.2) is 0 Å². The normalized spacial score (nSPS) is 17.6. The van der Waals surface area contributed by atoms with Crippen molar-refractivity contribution in [2.24, 2.45) is 10.2 Å². The third-order valence-electron chi connectivity index (χ3n) is 9.50. The van der Waals surface area contributed by atoms with E-state index >= 15 is 0 Å². The molecular weight excluding hydrogens is 736 g/mol. The van der Waals surface area contributed by atoms with Gasteiger partial charge in [0.25, 0.3) is 0 Å². The minimum Gasteiger partial charge on any atom is -0.456 e. The first-order valence-corrected chi connectivity index (χ1v) is 18.0. The molecule has 2 unspecified atom stereocenters. The van der Waals surface area contributed by atoms with Crippen LogP contribution in [0.15, 0.2) is 169 Å². The van der Waals surface area contributed by atoms with Crippen LogP contribution in [0.2, 0.25) is 0 Å². The molecule has 2 atom stereocenters. The summed E-state index contributed by atoms with van der Waals surface area (Å²) in [5.41, 5.74) is 10.7. The highest BCUT2D eigenvalue weighted by atomic mass is 79.9. The van der Waals surface area contributed by atoms with Crippen LogP contribution in [-0.2, 0) is 0 Å². The first-order chi connectivity index (χ1) is 24.1. The number of hydrogen-bond acceptors (Lipinski definition) is 5. The van der Waals surface area contributed by atoms with Gasteiger partial charge in [0.15, 0.2) is 0 Å². The number of benzene rings is 6. The first-order valence-electron chi connectivity index (χ1n) is 16.4. The zero-order valence-electron chi connectivity index (χ0n) is 26.4. The predicted molar refractivity (Wildman–Crippen MR) is 208 cm³/mol. The predicted octanol–water partition coefficient (Wildman–Crippen LogP) is 11.8. The number of nitrogens with zero attached hydrogens (tertiary/aromatic N) is 4. The summed E-state index contributed by atoms with van der Waals surface area (Å²) in [5, 5.41) is 16.9. The Morgan fingerprint density at radius 3 is 1.31 bits per heavy atom. The van der Waals surface area contributed by atoms with E-state index in [0.29, 0.717) is 0 Å². The van der Waals surface area contributed by atoms with Gasteiger partial charge in [-0.2, -0.15) is 10.2 Å². The quantitative estimate of drug-likeness (QED) is 0.169. The molecule has 0 radical (unpaired) electrons. The van der Waals surface area contributed by atoms with E-state index in [0.717, 1.165) is 77.7 Å². The van der Waals surface area contributed by atoms with Crippen LogP contribution in [0.25, 0.3) is 21.9 Å². The van der Waals surface area contributed by atoms with Gasteiger partial charge in [0.05, 0.1) is 34.9 Å². The maximum atomic E-state index is 6.42. The van der Waals surface area contributed by atoms with Crippen LogP contribution in [0.3, 0.4) is 0 Å². The van der Waals surface area contributed by atoms with E-state index < -0.39 is 0 Å². The Kier molecular flexibility index (Phi) is 7.67. The number of rotatable bonds is 6. The van der Waals surface area contributed by atoms with E-state index in [4.69, 9.17) is 14.6 Å². The van der Waals surface area contributed by atoms with Gasteiger partial charge in [0.2, 0.25) is 0 Å². The molecule has 0 spiro atoms. The molecule has 0 N–H and O–H groups in total. The maximum Gasteiger partial charge on any atom is 0.135 e. The molecule has 0 amide bonds. The topological polar surface area (TPSA) is 44.3 Å². The van der Waals surface area contributed by atoms with Gasteiger partial charge in [-0.1, -0.05) is 105 Å². The Balaban J connectivity index is 1.11. The fourth-order valence-electron chi connectivity index (χ4n) is 7.04. The van der Waals surface area contributed by atoms with Crippen LogP contribution in [0.5, 0.6) is 0 Å². The molecule has 0 saturated heterocycles. The molecule has 0 bridgehead atoms. The summed E-state index contributed by atoms with van der Waals surface area (Å²) in [6.45, 7) is 0. The Bertz CT molecular complexity index is 2200. The number of hydrogen-bond donors (Lipinski definition) is 0. The van der Waals surface area contributed by atoms with Crippen LogP contribution in [0.1, 0.15) is 47.2 Å². The van der Waals surface area contributed by atoms with Crippen LogP contribution in [0.4, 0.5) is 11.4 Å². The Morgan fingerprint density at radius 2 is 0.898 bits per heavy atom. The maximum absolute atomic E-state index is 6.42. The zero-order valence-corrected chi connectivity index (χ0v) is 29.6. The lowest BCUT2D eigenvalue weighted by Crippen LogP contribution is -2.18. The Labute approximate surface area is 301 Å². The summed E-state index contributed by atoms with van der Waals surface area (Å²) in [7, 11) is 0. The molecule has 3 heterocycles. The number of furan rings is 1. The third kappa shape index (κ3) is 5.67. The summed E-state index contributed by atoms with van der Waals surface area (Å²) in [6.07, 6.45) is 1.60. The SMILES string of the molecule is Brc1ccc(N2N=C(c3ccccc3)CC2c2ccc3oc4ccc(C5CC(c6ccccc6)=NN5c5ccc(Br)cc5)cc4c3c2)cc1. The zero-order chi connectivity index (χ0) is 32.9. The summed E-state index contributed by atoms with van der Waals surface area (Å²) in [5.74, 6) is 0. The van der Waals surface area contributed by atoms with Crippen molar-refractivity contribution in [1.29, 1.82) is 0 Å². The van der Waals surface area contributed by atoms with E-state index in [1.807, 2.05) is 12.1 Å². The average molecular weight is 767 g/mol. The van der Waals surface area contributed by atoms with Gasteiger partial charge < -0.3 is 4.42 Å². The van der Waals surface area contributed by atoms with Crippen molar-refractivity contribution < 1.29 is 4.42 Å². The van der Waals surface area contributed by atoms with Crippen molar-refractivity contribution in [2.75, 3.05) is 10.0 Å². The van der Waals surface area contributed by atoms with Crippen LogP contribution < -0.4 is 10.0 Å². The highest BCUT2D eigenvalue weighted by Crippen LogP contribution is 2.42. The molecule has 49 heavy (non-hydrogen) atoms. The van der Waals surface area contributed by atoms with Gasteiger partial charge in [-0.15, -0.1) is 0 Å². The molecule has 0 fully saturated rings. The van der Waals surface area contributed by atoms with Crippen molar-refractivity contribution in [2.45, 2.75) is 24.9 Å². The summed E-state index contributed by atoms with van der Waals surface area (Å²) >= 11 is 7.19. The van der Waals surface area contributed by atoms with Crippen molar-refractivity contribution in [3.05, 3.63) is 177 Å². The molecule has 9 rings (SSSR count). The first kappa shape index (κ1) is 30.1. The Hall–Kier alpha value is -4.98. The van der Waals surface area contributed by atoms with Crippen molar-refractivity contribution >= 4 is 76.6 Å². The molecule has 0 saturated carbocycles. The Morgan fingerprint density at radius 1 is 0.490 bits per heavy atom. The molecule has 0 aliphatic carbocycles. The highest BCUT2D eigenvalue weighted by molar-refractivity contribution is 9.10. The largest absolute Gasteiger partial charge is 0.456 e. The molecule has 5 nitrogen and oxygen atoms in total. The molecule has 2 aliphatic heterocycles. The number of anilines is 2. The fraction of sp³-hybridized carbons (Fsp3) is 0.0952. The van der Waals surface area contributed by atoms with Crippen molar-refractivity contribution in [3.63, 3.8) is 0 Å². The van der Waals surface area contributed by atoms with Crippen LogP contribution >= 0.6 is 31.9 Å². The molecule has 6 aromatic carbocycles. The van der Waals surface area contributed by atoms with Gasteiger partial charge in [0.1, 0.15) is 11.2 Å². The molecule has 2 aliphatic rings. The van der Waals surface area contributed by atoms with Crippen molar-refractivity contribution in [3.8, 4) is 0 Å². The summed E-state index contributed by atoms with van der Waals surface area (Å²) in [6, 6.07) is 51.1. The lowest BCUT2D eigenvalue weighted by atomic mass is 9.95. The lowest BCUT2D eigenvalue weighted by molar-refractivity contribution is 0.666. The van der Waals surface area contributed by atoms with E-state index in [1.54, 1.807) is 0 Å². The van der Waals surface area contributed by atoms with E-state index in [1.165, 1.54) is 11.1 Å². The fourth-order valence-corrected chi connectivity index (χ4v) is 7.57. The van der Waals surface area contributed by atoms with Crippen molar-refractivity contribution in [1.82, 2.24) is 0 Å². The molecular formula is C42H30Br2N4O. The van der Waals surface area contributed by atoms with E-state index in [2.05, 4.69) is 175 Å². The number of halogens is 2. The van der Waals surface area contributed by atoms with E-state index in [-0.39, 0.29) is 12.1 Å². The molecule has 1 aromatic heterocycles. The summed E-state index contributed by atoms with van der Waals surface area (Å²) in [4.78, 5) is 0. The second-order valence-electron chi connectivity index (χ2n) is 12.5. The lowest BCUT2D eigenvalue weighted by Gasteiger charge is -2.24. The minimum atomic E-state index is 0.0403. The number of fused-ring (bicyclic) bond motifs is 3. The van der Waals surface area contributed by atoms with Crippen LogP contribution in [-0.4, -0.2) is 11.4 Å². The molecule has 7 aromatic rings. The molecule has 238 valence electrons. The smallest absolute Gasteiger partial charge is 0.135 e. The monoisotopic (exact) mass is 764 g/mol. The highest BCUT2D eigenvalue weighted by Gasteiger charge is 2.32. The second-order valence-corrected chi connectivity index (χ2v) is 14.4. The van der Waals surface area contributed by atoms with Gasteiger partial charge in [0, 0.05) is 32.6 Å². The number of hydrazone groups is 2. The summed E-state index contributed by atoms with van der Waals surface area (Å²) < 4.78 is 8.51.